The largest absolute Gasteiger partial charge is 0.348 e. The molecule has 7 heteroatoms. The number of likely N-dealkylation sites (N-methyl/N-ethyl adjacent to an activating group) is 1. The lowest BCUT2D eigenvalue weighted by atomic mass is 9.78. The van der Waals surface area contributed by atoms with Gasteiger partial charge in [-0.25, -0.2) is 4.98 Å². The molecule has 7 nitrogen and oxygen atoms in total. The molecule has 2 amide bonds. The van der Waals surface area contributed by atoms with E-state index in [1.807, 2.05) is 16.7 Å². The minimum Gasteiger partial charge on any atom is -0.348 e. The number of aromatic amines is 1. The Kier molecular flexibility index (Phi) is 4.97. The summed E-state index contributed by atoms with van der Waals surface area (Å²) < 4.78 is 0. The molecule has 0 bridgehead atoms. The van der Waals surface area contributed by atoms with Crippen molar-refractivity contribution < 1.29 is 9.59 Å². The van der Waals surface area contributed by atoms with E-state index in [0.717, 1.165) is 63.1 Å². The molecule has 0 aromatic carbocycles. The third-order valence-electron chi connectivity index (χ3n) is 6.82. The van der Waals surface area contributed by atoms with Crippen molar-refractivity contribution in [3.05, 3.63) is 17.7 Å². The Hall–Kier alpha value is -1.89. The zero-order chi connectivity index (χ0) is 19.0. The predicted octanol–water partition coefficient (Wildman–Crippen LogP) is 1.51. The molecule has 0 saturated carbocycles. The number of piperidine rings is 1. The van der Waals surface area contributed by atoms with Gasteiger partial charge in [-0.1, -0.05) is 13.8 Å². The van der Waals surface area contributed by atoms with Gasteiger partial charge in [0.25, 0.3) is 0 Å². The molecular formula is C20H31N5O2. The van der Waals surface area contributed by atoms with Crippen molar-refractivity contribution in [2.45, 2.75) is 64.0 Å². The van der Waals surface area contributed by atoms with E-state index in [0.29, 0.717) is 19.5 Å². The summed E-state index contributed by atoms with van der Waals surface area (Å²) >= 11 is 0. The number of imidazole rings is 1. The average molecular weight is 374 g/mol. The highest BCUT2D eigenvalue weighted by Gasteiger charge is 2.49. The minimum absolute atomic E-state index is 0.0460. The van der Waals surface area contributed by atoms with Gasteiger partial charge in [0.1, 0.15) is 0 Å². The maximum absolute atomic E-state index is 13.1. The van der Waals surface area contributed by atoms with Crippen LogP contribution >= 0.6 is 0 Å². The molecule has 0 aliphatic carbocycles. The lowest BCUT2D eigenvalue weighted by Gasteiger charge is -2.50. The van der Waals surface area contributed by atoms with Gasteiger partial charge in [0.2, 0.25) is 11.8 Å². The Bertz CT molecular complexity index is 707. The number of fused-ring (bicyclic) bond motifs is 2. The van der Waals surface area contributed by atoms with Gasteiger partial charge >= 0.3 is 0 Å². The second-order valence-corrected chi connectivity index (χ2v) is 8.02. The number of hydrogen-bond acceptors (Lipinski definition) is 4. The molecule has 1 aromatic rings. The first-order chi connectivity index (χ1) is 13.1. The normalized spacial score (nSPS) is 25.0. The van der Waals surface area contributed by atoms with Crippen LogP contribution in [0.1, 0.15) is 57.3 Å². The van der Waals surface area contributed by atoms with E-state index in [4.69, 9.17) is 0 Å². The van der Waals surface area contributed by atoms with Crippen LogP contribution in [-0.4, -0.2) is 75.2 Å². The zero-order valence-corrected chi connectivity index (χ0v) is 16.5. The first-order valence-corrected chi connectivity index (χ1v) is 10.5. The molecule has 1 unspecified atom stereocenters. The lowest BCUT2D eigenvalue weighted by molar-refractivity contribution is -0.145. The van der Waals surface area contributed by atoms with Crippen molar-refractivity contribution in [2.24, 2.45) is 0 Å². The fourth-order valence-corrected chi connectivity index (χ4v) is 5.33. The number of H-pyrrole nitrogens is 1. The van der Waals surface area contributed by atoms with E-state index in [2.05, 4.69) is 21.8 Å². The Labute approximate surface area is 161 Å². The van der Waals surface area contributed by atoms with Crippen LogP contribution in [0.4, 0.5) is 0 Å². The smallest absolute Gasteiger partial charge is 0.239 e. The standard InChI is InChI=1S/C20H31N5O2/c1-3-17(26)25-11-7-15-18(22-14-21-15)20(25)8-12-24(13-9-20)19(27)16-6-5-10-23(16)4-2/h14,16H,3-13H2,1-2H3,(H,21,22). The van der Waals surface area contributed by atoms with Crippen molar-refractivity contribution >= 4 is 11.8 Å². The quantitative estimate of drug-likeness (QED) is 0.872. The van der Waals surface area contributed by atoms with Gasteiger partial charge in [0, 0.05) is 38.2 Å². The first kappa shape index (κ1) is 18.5. The predicted molar refractivity (Wildman–Crippen MR) is 102 cm³/mol. The van der Waals surface area contributed by atoms with Crippen molar-refractivity contribution in [3.63, 3.8) is 0 Å². The Balaban J connectivity index is 1.54. The molecule has 1 aromatic heterocycles. The number of nitrogens with zero attached hydrogens (tertiary/aromatic N) is 4. The van der Waals surface area contributed by atoms with E-state index < -0.39 is 0 Å². The van der Waals surface area contributed by atoms with Crippen LogP contribution in [0, 0.1) is 0 Å². The van der Waals surface area contributed by atoms with Gasteiger partial charge in [0.15, 0.2) is 0 Å². The van der Waals surface area contributed by atoms with E-state index in [-0.39, 0.29) is 23.4 Å². The minimum atomic E-state index is -0.350. The number of carbonyl (C=O) groups is 2. The van der Waals surface area contributed by atoms with Crippen LogP contribution in [0.2, 0.25) is 0 Å². The van der Waals surface area contributed by atoms with Crippen LogP contribution in [0.25, 0.3) is 0 Å². The Morgan fingerprint density at radius 1 is 1.22 bits per heavy atom. The van der Waals surface area contributed by atoms with Crippen molar-refractivity contribution in [1.29, 1.82) is 0 Å². The van der Waals surface area contributed by atoms with Gasteiger partial charge < -0.3 is 14.8 Å². The molecule has 1 N–H and O–H groups in total. The molecule has 4 rings (SSSR count). The second kappa shape index (κ2) is 7.26. The van der Waals surface area contributed by atoms with E-state index in [1.165, 1.54) is 0 Å². The van der Waals surface area contributed by atoms with Gasteiger partial charge in [0.05, 0.1) is 23.6 Å². The van der Waals surface area contributed by atoms with Crippen molar-refractivity contribution in [1.82, 2.24) is 24.7 Å². The molecule has 3 aliphatic heterocycles. The fourth-order valence-electron chi connectivity index (χ4n) is 5.33. The number of hydrogen-bond donors (Lipinski definition) is 1. The molecular weight excluding hydrogens is 342 g/mol. The highest BCUT2D eigenvalue weighted by atomic mass is 16.2. The molecule has 3 aliphatic rings. The average Bonchev–Trinajstić information content (AvgIpc) is 3.37. The highest BCUT2D eigenvalue weighted by Crippen LogP contribution is 2.42. The summed E-state index contributed by atoms with van der Waals surface area (Å²) in [5, 5.41) is 0. The van der Waals surface area contributed by atoms with Crippen molar-refractivity contribution in [3.8, 4) is 0 Å². The van der Waals surface area contributed by atoms with Crippen LogP contribution in [0.15, 0.2) is 6.33 Å². The number of rotatable bonds is 3. The first-order valence-electron chi connectivity index (χ1n) is 10.5. The maximum Gasteiger partial charge on any atom is 0.239 e. The number of nitrogens with one attached hydrogen (secondary N) is 1. The molecule has 2 saturated heterocycles. The fraction of sp³-hybridized carbons (Fsp3) is 0.750. The molecule has 0 radical (unpaired) electrons. The summed E-state index contributed by atoms with van der Waals surface area (Å²) in [6, 6.07) is 0.0460. The lowest BCUT2D eigenvalue weighted by Crippen LogP contribution is -2.60. The van der Waals surface area contributed by atoms with E-state index in [9.17, 15) is 9.59 Å². The van der Waals surface area contributed by atoms with Crippen LogP contribution in [0.5, 0.6) is 0 Å². The third kappa shape index (κ3) is 2.96. The molecule has 2 fully saturated rings. The summed E-state index contributed by atoms with van der Waals surface area (Å²) in [6.45, 7) is 8.16. The SMILES string of the molecule is CCC(=O)N1CCc2[nH]cnc2C12CCN(C(=O)C1CCCN1CC)CC2. The number of aromatic nitrogens is 2. The monoisotopic (exact) mass is 373 g/mol. The maximum atomic E-state index is 13.1. The summed E-state index contributed by atoms with van der Waals surface area (Å²) in [6.07, 6.45) is 6.73. The number of amides is 2. The number of carbonyl (C=O) groups excluding carboxylic acids is 2. The van der Waals surface area contributed by atoms with E-state index >= 15 is 0 Å². The highest BCUT2D eigenvalue weighted by molar-refractivity contribution is 5.82. The topological polar surface area (TPSA) is 72.5 Å². The van der Waals surface area contributed by atoms with Gasteiger partial charge in [-0.05, 0) is 38.8 Å². The van der Waals surface area contributed by atoms with Gasteiger partial charge in [-0.2, -0.15) is 0 Å². The van der Waals surface area contributed by atoms with Gasteiger partial charge in [-0.3, -0.25) is 14.5 Å². The van der Waals surface area contributed by atoms with E-state index in [1.54, 1.807) is 6.33 Å². The summed E-state index contributed by atoms with van der Waals surface area (Å²) in [5.74, 6) is 0.465. The molecule has 27 heavy (non-hydrogen) atoms. The molecule has 1 atom stereocenters. The summed E-state index contributed by atoms with van der Waals surface area (Å²) in [4.78, 5) is 40.0. The molecule has 148 valence electrons. The summed E-state index contributed by atoms with van der Waals surface area (Å²) in [5.41, 5.74) is 1.83. The van der Waals surface area contributed by atoms with Crippen molar-refractivity contribution in [2.75, 3.05) is 32.7 Å². The third-order valence-corrected chi connectivity index (χ3v) is 6.82. The second-order valence-electron chi connectivity index (χ2n) is 8.02. The van der Waals surface area contributed by atoms with Crippen LogP contribution in [-0.2, 0) is 21.5 Å². The molecule has 1 spiro atoms. The van der Waals surface area contributed by atoms with Gasteiger partial charge in [-0.15, -0.1) is 0 Å². The zero-order valence-electron chi connectivity index (χ0n) is 16.5. The number of likely N-dealkylation sites (tertiary alicyclic amines) is 2. The molecule has 4 heterocycles. The van der Waals surface area contributed by atoms with Crippen LogP contribution < -0.4 is 0 Å². The Morgan fingerprint density at radius 2 is 2.00 bits per heavy atom. The Morgan fingerprint density at radius 3 is 2.70 bits per heavy atom. The summed E-state index contributed by atoms with van der Waals surface area (Å²) in [7, 11) is 0. The van der Waals surface area contributed by atoms with Crippen LogP contribution in [0.3, 0.4) is 0 Å².